The van der Waals surface area contributed by atoms with E-state index >= 15 is 0 Å². The maximum absolute atomic E-state index is 14.1. The van der Waals surface area contributed by atoms with Crippen LogP contribution in [0, 0.1) is 17.7 Å². The topological polar surface area (TPSA) is 41.1 Å². The maximum atomic E-state index is 14.1. The summed E-state index contributed by atoms with van der Waals surface area (Å²) in [4.78, 5) is 11.4. The molecular formula is C16H17FN2O. The molecule has 1 fully saturated rings. The molecule has 0 spiro atoms. The predicted octanol–water partition coefficient (Wildman–Crippen LogP) is 3.09. The Morgan fingerprint density at radius 2 is 2.20 bits per heavy atom. The number of carbonyl (C=O) groups is 1. The van der Waals surface area contributed by atoms with Gasteiger partial charge in [0.25, 0.3) is 0 Å². The first kappa shape index (κ1) is 11.9. The lowest BCUT2D eigenvalue weighted by molar-refractivity contribution is -0.116. The van der Waals surface area contributed by atoms with Gasteiger partial charge >= 0.3 is 0 Å². The first-order valence-corrected chi connectivity index (χ1v) is 7.26. The van der Waals surface area contributed by atoms with E-state index in [2.05, 4.69) is 22.8 Å². The Hall–Kier alpha value is -1.84. The van der Waals surface area contributed by atoms with Crippen molar-refractivity contribution < 1.29 is 9.18 Å². The Morgan fingerprint density at radius 3 is 3.05 bits per heavy atom. The molecule has 3 atom stereocenters. The van der Waals surface area contributed by atoms with Gasteiger partial charge in [0.05, 0.1) is 5.69 Å². The molecule has 3 unspecified atom stereocenters. The summed E-state index contributed by atoms with van der Waals surface area (Å²) in [7, 11) is 0. The number of fused-ring (bicyclic) bond motifs is 2. The van der Waals surface area contributed by atoms with E-state index in [0.717, 1.165) is 30.0 Å². The van der Waals surface area contributed by atoms with Crippen LogP contribution in [0.2, 0.25) is 0 Å². The van der Waals surface area contributed by atoms with Crippen LogP contribution in [0.25, 0.3) is 0 Å². The van der Waals surface area contributed by atoms with Gasteiger partial charge in [-0.2, -0.15) is 0 Å². The predicted molar refractivity (Wildman–Crippen MR) is 76.1 cm³/mol. The van der Waals surface area contributed by atoms with Gasteiger partial charge in [-0.1, -0.05) is 12.2 Å². The van der Waals surface area contributed by atoms with Gasteiger partial charge in [-0.15, -0.1) is 0 Å². The van der Waals surface area contributed by atoms with Gasteiger partial charge in [-0.25, -0.2) is 4.39 Å². The van der Waals surface area contributed by atoms with Crippen LogP contribution < -0.4 is 10.6 Å². The van der Waals surface area contributed by atoms with Crippen molar-refractivity contribution in [2.75, 3.05) is 10.6 Å². The molecule has 1 heterocycles. The van der Waals surface area contributed by atoms with Crippen LogP contribution in [0.15, 0.2) is 24.3 Å². The molecule has 2 N–H and O–H groups in total. The zero-order chi connectivity index (χ0) is 13.7. The second-order valence-electron chi connectivity index (χ2n) is 6.03. The van der Waals surface area contributed by atoms with Gasteiger partial charge in [0.15, 0.2) is 0 Å². The largest absolute Gasteiger partial charge is 0.379 e. The molecule has 2 aliphatic carbocycles. The maximum Gasteiger partial charge on any atom is 0.224 e. The van der Waals surface area contributed by atoms with Crippen LogP contribution in [0.1, 0.15) is 24.8 Å². The molecule has 4 heteroatoms. The van der Waals surface area contributed by atoms with Gasteiger partial charge in [0.2, 0.25) is 5.91 Å². The minimum atomic E-state index is -0.217. The quantitative estimate of drug-likeness (QED) is 0.812. The van der Waals surface area contributed by atoms with Crippen molar-refractivity contribution in [2.45, 2.75) is 31.7 Å². The van der Waals surface area contributed by atoms with E-state index in [1.807, 2.05) is 0 Å². The monoisotopic (exact) mass is 272 g/mol. The first-order valence-electron chi connectivity index (χ1n) is 7.26. The smallest absolute Gasteiger partial charge is 0.224 e. The highest BCUT2D eigenvalue weighted by molar-refractivity contribution is 5.94. The number of nitrogens with one attached hydrogen (secondary N) is 2. The second-order valence-corrected chi connectivity index (χ2v) is 6.03. The fraction of sp³-hybridized carbons (Fsp3) is 0.438. The minimum absolute atomic E-state index is 0.0116. The molecule has 0 saturated heterocycles. The zero-order valence-electron chi connectivity index (χ0n) is 11.2. The molecule has 0 radical (unpaired) electrons. The van der Waals surface area contributed by atoms with Crippen molar-refractivity contribution in [3.05, 3.63) is 35.7 Å². The summed E-state index contributed by atoms with van der Waals surface area (Å²) in [6.45, 7) is 0. The van der Waals surface area contributed by atoms with Gasteiger partial charge < -0.3 is 10.6 Å². The van der Waals surface area contributed by atoms with Crippen LogP contribution in [0.3, 0.4) is 0 Å². The summed E-state index contributed by atoms with van der Waals surface area (Å²) >= 11 is 0. The number of amides is 1. The van der Waals surface area contributed by atoms with Gasteiger partial charge in [-0.05, 0) is 42.9 Å². The van der Waals surface area contributed by atoms with Crippen molar-refractivity contribution in [1.29, 1.82) is 0 Å². The summed E-state index contributed by atoms with van der Waals surface area (Å²) < 4.78 is 14.1. The van der Waals surface area contributed by atoms with Crippen molar-refractivity contribution in [3.63, 3.8) is 0 Å². The van der Waals surface area contributed by atoms with E-state index in [0.29, 0.717) is 30.5 Å². The normalized spacial score (nSPS) is 30.2. The Bertz CT molecular complexity index is 611. The van der Waals surface area contributed by atoms with E-state index in [1.54, 1.807) is 12.1 Å². The van der Waals surface area contributed by atoms with E-state index in [1.165, 1.54) is 0 Å². The van der Waals surface area contributed by atoms with Gasteiger partial charge in [0.1, 0.15) is 5.82 Å². The average molecular weight is 272 g/mol. The van der Waals surface area contributed by atoms with Gasteiger partial charge in [-0.3, -0.25) is 4.79 Å². The first-order chi connectivity index (χ1) is 9.70. The number of aryl methyl sites for hydroxylation is 1. The number of halogens is 1. The molecule has 104 valence electrons. The highest BCUT2D eigenvalue weighted by atomic mass is 19.1. The second kappa shape index (κ2) is 4.33. The van der Waals surface area contributed by atoms with E-state index in [4.69, 9.17) is 0 Å². The summed E-state index contributed by atoms with van der Waals surface area (Å²) in [5.74, 6) is 1.08. The minimum Gasteiger partial charge on any atom is -0.379 e. The SMILES string of the molecule is O=C1CCc2cc(F)c(NC3CC4CC=CC43)cc2N1. The van der Waals surface area contributed by atoms with Crippen LogP contribution >= 0.6 is 0 Å². The number of allylic oxidation sites excluding steroid dienone is 1. The number of hydrogen-bond acceptors (Lipinski definition) is 2. The van der Waals surface area contributed by atoms with E-state index in [9.17, 15) is 9.18 Å². The highest BCUT2D eigenvalue weighted by Gasteiger charge is 2.41. The third kappa shape index (κ3) is 1.82. The molecule has 1 aliphatic heterocycles. The number of anilines is 2. The lowest BCUT2D eigenvalue weighted by atomic mass is 9.71. The standard InChI is InChI=1S/C16H17FN2O/c17-12-6-10-4-5-16(20)19-13(10)8-15(12)18-14-7-9-2-1-3-11(9)14/h1,3,6,8-9,11,14,18H,2,4-5,7H2,(H,19,20). The van der Waals surface area contributed by atoms with E-state index < -0.39 is 0 Å². The summed E-state index contributed by atoms with van der Waals surface area (Å²) in [6, 6.07) is 3.62. The van der Waals surface area contributed by atoms with Crippen LogP contribution in [-0.4, -0.2) is 11.9 Å². The molecule has 1 saturated carbocycles. The molecule has 1 aromatic rings. The molecule has 4 rings (SSSR count). The zero-order valence-corrected chi connectivity index (χ0v) is 11.2. The fourth-order valence-electron chi connectivity index (χ4n) is 3.59. The average Bonchev–Trinajstić information content (AvgIpc) is 2.78. The number of benzene rings is 1. The number of rotatable bonds is 2. The molecular weight excluding hydrogens is 255 g/mol. The van der Waals surface area contributed by atoms with Crippen LogP contribution in [0.4, 0.5) is 15.8 Å². The molecule has 1 amide bonds. The van der Waals surface area contributed by atoms with Gasteiger partial charge in [0, 0.05) is 24.1 Å². The van der Waals surface area contributed by atoms with Crippen LogP contribution in [-0.2, 0) is 11.2 Å². The molecule has 3 aliphatic rings. The summed E-state index contributed by atoms with van der Waals surface area (Å²) in [5.41, 5.74) is 2.15. The molecule has 1 aromatic carbocycles. The Morgan fingerprint density at radius 1 is 1.30 bits per heavy atom. The summed E-state index contributed by atoms with van der Waals surface area (Å²) in [6.07, 6.45) is 7.78. The Kier molecular flexibility index (Phi) is 2.59. The van der Waals surface area contributed by atoms with Crippen molar-refractivity contribution in [2.24, 2.45) is 11.8 Å². The number of hydrogen-bond donors (Lipinski definition) is 2. The number of carbonyl (C=O) groups excluding carboxylic acids is 1. The Labute approximate surface area is 117 Å². The molecule has 0 bridgehead atoms. The summed E-state index contributed by atoms with van der Waals surface area (Å²) in [5, 5.41) is 6.13. The molecule has 0 aromatic heterocycles. The Balaban J connectivity index is 1.57. The van der Waals surface area contributed by atoms with Crippen LogP contribution in [0.5, 0.6) is 0 Å². The third-order valence-corrected chi connectivity index (χ3v) is 4.79. The van der Waals surface area contributed by atoms with E-state index in [-0.39, 0.29) is 11.7 Å². The molecule has 20 heavy (non-hydrogen) atoms. The third-order valence-electron chi connectivity index (χ3n) is 4.79. The molecule has 3 nitrogen and oxygen atoms in total. The lowest BCUT2D eigenvalue weighted by Crippen LogP contribution is -2.43. The van der Waals surface area contributed by atoms with Crippen molar-refractivity contribution in [3.8, 4) is 0 Å². The fourth-order valence-corrected chi connectivity index (χ4v) is 3.59. The van der Waals surface area contributed by atoms with Crippen molar-refractivity contribution >= 4 is 17.3 Å². The highest BCUT2D eigenvalue weighted by Crippen LogP contribution is 2.44. The lowest BCUT2D eigenvalue weighted by Gasteiger charge is -2.41. The van der Waals surface area contributed by atoms with Crippen molar-refractivity contribution in [1.82, 2.24) is 0 Å².